The van der Waals surface area contributed by atoms with Gasteiger partial charge in [0.15, 0.2) is 0 Å². The van der Waals surface area contributed by atoms with Gasteiger partial charge in [-0.05, 0) is 60.0 Å². The summed E-state index contributed by atoms with van der Waals surface area (Å²) in [6.07, 6.45) is 0. The lowest BCUT2D eigenvalue weighted by molar-refractivity contribution is -0.163. The van der Waals surface area contributed by atoms with Crippen molar-refractivity contribution >= 4 is 39.3 Å². The van der Waals surface area contributed by atoms with Crippen molar-refractivity contribution in [2.75, 3.05) is 6.61 Å². The number of esters is 1. The van der Waals surface area contributed by atoms with E-state index in [1.54, 1.807) is 52.0 Å². The predicted octanol–water partition coefficient (Wildman–Crippen LogP) is 4.23. The normalized spacial score (nSPS) is 15.0. The third-order valence-corrected chi connectivity index (χ3v) is 4.48. The zero-order valence-corrected chi connectivity index (χ0v) is 15.4. The van der Waals surface area contributed by atoms with E-state index in [2.05, 4.69) is 15.9 Å². The molecule has 22 heavy (non-hydrogen) atoms. The van der Waals surface area contributed by atoms with Gasteiger partial charge >= 0.3 is 5.97 Å². The highest BCUT2D eigenvalue weighted by atomic mass is 79.9. The van der Waals surface area contributed by atoms with Gasteiger partial charge in [-0.2, -0.15) is 0 Å². The van der Waals surface area contributed by atoms with E-state index in [0.29, 0.717) is 10.8 Å². The molecule has 1 rings (SSSR count). The van der Waals surface area contributed by atoms with Crippen LogP contribution >= 0.6 is 27.5 Å². The number of ether oxygens (including phenoxy) is 2. The summed E-state index contributed by atoms with van der Waals surface area (Å²) in [6.45, 7) is 7.11. The van der Waals surface area contributed by atoms with Crippen LogP contribution in [-0.2, 0) is 14.3 Å². The first-order chi connectivity index (χ1) is 10.2. The van der Waals surface area contributed by atoms with Gasteiger partial charge in [-0.3, -0.25) is 9.59 Å². The molecule has 2 atom stereocenters. The molecule has 0 aliphatic carbocycles. The first-order valence-corrected chi connectivity index (χ1v) is 8.30. The summed E-state index contributed by atoms with van der Waals surface area (Å²) in [5.74, 6) is -0.669. The zero-order chi connectivity index (χ0) is 16.9. The predicted molar refractivity (Wildman–Crippen MR) is 89.4 cm³/mol. The van der Waals surface area contributed by atoms with Crippen LogP contribution in [0, 0.1) is 11.3 Å². The molecule has 0 aromatic heterocycles. The van der Waals surface area contributed by atoms with Crippen LogP contribution in [0.4, 0.5) is 0 Å². The number of alkyl halides is 1. The second kappa shape index (κ2) is 7.97. The highest BCUT2D eigenvalue weighted by molar-refractivity contribution is 9.09. The summed E-state index contributed by atoms with van der Waals surface area (Å²) in [5, 5.41) is -0.381. The minimum Gasteiger partial charge on any atom is -0.471 e. The molecule has 1 aromatic carbocycles. The molecule has 0 saturated heterocycles. The van der Waals surface area contributed by atoms with Crippen LogP contribution in [0.2, 0.25) is 5.02 Å². The Morgan fingerprint density at radius 1 is 1.27 bits per heavy atom. The highest BCUT2D eigenvalue weighted by Gasteiger charge is 2.48. The van der Waals surface area contributed by atoms with Gasteiger partial charge in [0.2, 0.25) is 10.8 Å². The van der Waals surface area contributed by atoms with Gasteiger partial charge < -0.3 is 9.47 Å². The largest absolute Gasteiger partial charge is 0.471 e. The van der Waals surface area contributed by atoms with Crippen molar-refractivity contribution < 1.29 is 19.1 Å². The molecule has 1 aromatic rings. The molecule has 0 spiro atoms. The maximum Gasteiger partial charge on any atom is 0.319 e. The van der Waals surface area contributed by atoms with Crippen LogP contribution in [0.15, 0.2) is 24.3 Å². The molecule has 4 nitrogen and oxygen atoms in total. The number of benzene rings is 1. The van der Waals surface area contributed by atoms with Gasteiger partial charge in [0.1, 0.15) is 11.2 Å². The average molecular weight is 392 g/mol. The van der Waals surface area contributed by atoms with Gasteiger partial charge in [0.05, 0.1) is 6.61 Å². The van der Waals surface area contributed by atoms with Gasteiger partial charge in [0.25, 0.3) is 0 Å². The summed E-state index contributed by atoms with van der Waals surface area (Å²) in [4.78, 5) is 24.9. The van der Waals surface area contributed by atoms with E-state index in [-0.39, 0.29) is 18.3 Å². The molecular weight excluding hydrogens is 372 g/mol. The fourth-order valence-corrected chi connectivity index (χ4v) is 2.64. The van der Waals surface area contributed by atoms with Crippen LogP contribution < -0.4 is 4.74 Å². The average Bonchev–Trinajstić information content (AvgIpc) is 2.47. The molecule has 0 saturated carbocycles. The Hall–Kier alpha value is -1.07. The number of Topliss-reactive ketones (excluding diaryl/α,β-unsaturated/α-hetero) is 1. The Balaban J connectivity index is 2.93. The van der Waals surface area contributed by atoms with Gasteiger partial charge in [-0.1, -0.05) is 25.4 Å². The molecular formula is C16H20BrClO4. The van der Waals surface area contributed by atoms with Crippen LogP contribution in [0.5, 0.6) is 5.75 Å². The van der Waals surface area contributed by atoms with Crippen molar-refractivity contribution in [3.8, 4) is 5.75 Å². The first-order valence-electron chi connectivity index (χ1n) is 7.01. The van der Waals surface area contributed by atoms with Crippen LogP contribution in [0.1, 0.15) is 27.7 Å². The number of carbonyl (C=O) groups is 2. The summed E-state index contributed by atoms with van der Waals surface area (Å²) < 4.78 is 10.6. The highest BCUT2D eigenvalue weighted by Crippen LogP contribution is 2.33. The molecule has 6 heteroatoms. The summed E-state index contributed by atoms with van der Waals surface area (Å²) in [6, 6.07) is 6.63. The third-order valence-electron chi connectivity index (χ3n) is 3.63. The molecule has 0 aliphatic heterocycles. The number of hydrogen-bond donors (Lipinski definition) is 0. The van der Waals surface area contributed by atoms with Crippen molar-refractivity contribution in [2.45, 2.75) is 32.7 Å². The summed E-state index contributed by atoms with van der Waals surface area (Å²) >= 11 is 9.02. The Morgan fingerprint density at radius 2 is 1.82 bits per heavy atom. The second-order valence-electron chi connectivity index (χ2n) is 5.33. The lowest BCUT2D eigenvalue weighted by Crippen LogP contribution is -2.47. The fraction of sp³-hybridized carbons (Fsp3) is 0.500. The third kappa shape index (κ3) is 4.23. The number of hydrogen-bond acceptors (Lipinski definition) is 4. The molecule has 122 valence electrons. The SMILES string of the molecule is CCOC(=O)C(C)(C(=O)C(Br)Oc1ccc(Cl)cc1)C(C)C. The van der Waals surface area contributed by atoms with E-state index in [4.69, 9.17) is 21.1 Å². The summed E-state index contributed by atoms with van der Waals surface area (Å²) in [5.41, 5.74) is -1.28. The minimum atomic E-state index is -1.28. The molecule has 0 N–H and O–H groups in total. The summed E-state index contributed by atoms with van der Waals surface area (Å²) in [7, 11) is 0. The lowest BCUT2D eigenvalue weighted by Gasteiger charge is -2.31. The molecule has 0 aliphatic rings. The maximum absolute atomic E-state index is 12.7. The molecule has 0 fully saturated rings. The van der Waals surface area contributed by atoms with Gasteiger partial charge in [-0.25, -0.2) is 0 Å². The number of carbonyl (C=O) groups excluding carboxylic acids is 2. The van der Waals surface area contributed by atoms with Crippen molar-refractivity contribution in [2.24, 2.45) is 11.3 Å². The Labute approximate surface area is 144 Å². The van der Waals surface area contributed by atoms with E-state index >= 15 is 0 Å². The van der Waals surface area contributed by atoms with Crippen molar-refractivity contribution in [3.05, 3.63) is 29.3 Å². The molecule has 0 radical (unpaired) electrons. The Bertz CT molecular complexity index is 529. The fourth-order valence-electron chi connectivity index (χ4n) is 1.82. The Morgan fingerprint density at radius 3 is 2.27 bits per heavy atom. The Kier molecular flexibility index (Phi) is 6.88. The lowest BCUT2D eigenvalue weighted by atomic mass is 9.75. The first kappa shape index (κ1) is 19.0. The van der Waals surface area contributed by atoms with Crippen LogP contribution in [0.3, 0.4) is 0 Å². The molecule has 2 unspecified atom stereocenters. The van der Waals surface area contributed by atoms with Crippen molar-refractivity contribution in [1.82, 2.24) is 0 Å². The van der Waals surface area contributed by atoms with E-state index in [9.17, 15) is 9.59 Å². The van der Waals surface area contributed by atoms with Crippen molar-refractivity contribution in [1.29, 1.82) is 0 Å². The van der Waals surface area contributed by atoms with E-state index < -0.39 is 16.4 Å². The maximum atomic E-state index is 12.7. The number of rotatable bonds is 7. The number of ketones is 1. The van der Waals surface area contributed by atoms with Gasteiger partial charge in [0, 0.05) is 5.02 Å². The second-order valence-corrected chi connectivity index (χ2v) is 6.60. The van der Waals surface area contributed by atoms with Crippen LogP contribution in [-0.4, -0.2) is 23.4 Å². The molecule has 0 bridgehead atoms. The molecule has 0 amide bonds. The monoisotopic (exact) mass is 390 g/mol. The van der Waals surface area contributed by atoms with Gasteiger partial charge in [-0.15, -0.1) is 0 Å². The standard InChI is InChI=1S/C16H20BrClO4/c1-5-21-15(20)16(4,10(2)3)13(19)14(17)22-12-8-6-11(18)7-9-12/h6-10,14H,5H2,1-4H3. The smallest absolute Gasteiger partial charge is 0.319 e. The topological polar surface area (TPSA) is 52.6 Å². The van der Waals surface area contributed by atoms with Crippen LogP contribution in [0.25, 0.3) is 0 Å². The van der Waals surface area contributed by atoms with Crippen molar-refractivity contribution in [3.63, 3.8) is 0 Å². The zero-order valence-electron chi connectivity index (χ0n) is 13.1. The minimum absolute atomic E-state index is 0.222. The van der Waals surface area contributed by atoms with E-state index in [0.717, 1.165) is 0 Å². The quantitative estimate of drug-likeness (QED) is 0.396. The molecule has 0 heterocycles. The van der Waals surface area contributed by atoms with E-state index in [1.165, 1.54) is 0 Å². The number of halogens is 2. The van der Waals surface area contributed by atoms with E-state index in [1.807, 2.05) is 0 Å².